The molecule has 2 N–H and O–H groups in total. The number of carbonyl (C=O) groups excluding carboxylic acids is 2. The highest BCUT2D eigenvalue weighted by Gasteiger charge is 2.22. The number of fused-ring (bicyclic) bond motifs is 1. The zero-order valence-corrected chi connectivity index (χ0v) is 20.4. The van der Waals surface area contributed by atoms with Crippen molar-refractivity contribution in [2.45, 2.75) is 13.3 Å². The minimum absolute atomic E-state index is 0.0443. The van der Waals surface area contributed by atoms with Gasteiger partial charge in [-0.2, -0.15) is 0 Å². The number of furan rings is 1. The van der Waals surface area contributed by atoms with Crippen LogP contribution in [0.3, 0.4) is 0 Å². The molecule has 5 rings (SSSR count). The maximum atomic E-state index is 13.1. The molecule has 184 valence electrons. The van der Waals surface area contributed by atoms with Gasteiger partial charge in [-0.25, -0.2) is 0 Å². The molecule has 0 atom stereocenters. The van der Waals surface area contributed by atoms with E-state index in [1.54, 1.807) is 30.3 Å². The van der Waals surface area contributed by atoms with Gasteiger partial charge in [0.15, 0.2) is 0 Å². The van der Waals surface area contributed by atoms with Gasteiger partial charge in [-0.1, -0.05) is 66.7 Å². The largest absolute Gasteiger partial charge is 0.494 e. The number of amides is 2. The molecule has 2 amide bonds. The van der Waals surface area contributed by atoms with Gasteiger partial charge in [0.2, 0.25) is 11.7 Å². The summed E-state index contributed by atoms with van der Waals surface area (Å²) in [6, 6.07) is 32.3. The monoisotopic (exact) mass is 490 g/mol. The molecule has 6 nitrogen and oxygen atoms in total. The van der Waals surface area contributed by atoms with E-state index in [0.29, 0.717) is 34.7 Å². The number of nitrogens with one attached hydrogen (secondary N) is 2. The van der Waals surface area contributed by atoms with Gasteiger partial charge in [0.25, 0.3) is 5.91 Å². The van der Waals surface area contributed by atoms with Gasteiger partial charge in [0.05, 0.1) is 13.0 Å². The Bertz CT molecular complexity index is 1520. The summed E-state index contributed by atoms with van der Waals surface area (Å²) >= 11 is 0. The Morgan fingerprint density at radius 1 is 0.757 bits per heavy atom. The van der Waals surface area contributed by atoms with E-state index >= 15 is 0 Å². The Hall–Kier alpha value is -4.84. The third-order valence-electron chi connectivity index (χ3n) is 5.92. The van der Waals surface area contributed by atoms with E-state index in [-0.39, 0.29) is 18.1 Å². The molecule has 5 aromatic rings. The van der Waals surface area contributed by atoms with Gasteiger partial charge >= 0.3 is 0 Å². The first-order valence-electron chi connectivity index (χ1n) is 12.1. The second-order valence-corrected chi connectivity index (χ2v) is 8.50. The predicted molar refractivity (Wildman–Crippen MR) is 146 cm³/mol. The molecular weight excluding hydrogens is 464 g/mol. The van der Waals surface area contributed by atoms with Crippen molar-refractivity contribution < 1.29 is 18.7 Å². The van der Waals surface area contributed by atoms with Crippen molar-refractivity contribution in [2.75, 3.05) is 17.2 Å². The molecule has 6 heteroatoms. The molecule has 0 aliphatic heterocycles. The lowest BCUT2D eigenvalue weighted by atomic mass is 10.0. The number of benzene rings is 4. The molecule has 37 heavy (non-hydrogen) atoms. The zero-order chi connectivity index (χ0) is 25.6. The van der Waals surface area contributed by atoms with Gasteiger partial charge in [-0.15, -0.1) is 0 Å². The van der Waals surface area contributed by atoms with Crippen LogP contribution in [0.25, 0.3) is 22.1 Å². The fourth-order valence-electron chi connectivity index (χ4n) is 4.13. The summed E-state index contributed by atoms with van der Waals surface area (Å²) in [6.07, 6.45) is 0.161. The van der Waals surface area contributed by atoms with Crippen LogP contribution in [0.5, 0.6) is 5.75 Å². The van der Waals surface area contributed by atoms with E-state index in [0.717, 1.165) is 16.7 Å². The van der Waals surface area contributed by atoms with Crippen molar-refractivity contribution in [3.63, 3.8) is 0 Å². The molecule has 0 aliphatic carbocycles. The number of ether oxygens (including phenoxy) is 1. The van der Waals surface area contributed by atoms with Crippen molar-refractivity contribution >= 4 is 34.2 Å². The minimum atomic E-state index is -0.456. The standard InChI is InChI=1S/C31H26N2O4/c1-2-36-25-18-16-24(17-19-25)32-31(35)30-29(26-10-6-7-11-27(26)37-30)33-28(34)20-21-12-14-23(15-13-21)22-8-4-3-5-9-22/h3-19H,2,20H2,1H3,(H,32,35)(H,33,34). The van der Waals surface area contributed by atoms with E-state index in [1.165, 1.54) is 0 Å². The first-order chi connectivity index (χ1) is 18.1. The zero-order valence-electron chi connectivity index (χ0n) is 20.4. The fraction of sp³-hybridized carbons (Fsp3) is 0.0968. The maximum Gasteiger partial charge on any atom is 0.293 e. The molecule has 1 heterocycles. The predicted octanol–water partition coefficient (Wildman–Crippen LogP) is 6.93. The van der Waals surface area contributed by atoms with Crippen molar-refractivity contribution in [3.8, 4) is 16.9 Å². The minimum Gasteiger partial charge on any atom is -0.494 e. The van der Waals surface area contributed by atoms with Gasteiger partial charge in [-0.05, 0) is 60.0 Å². The fourth-order valence-corrected chi connectivity index (χ4v) is 4.13. The molecule has 1 aromatic heterocycles. The molecule has 0 saturated heterocycles. The highest BCUT2D eigenvalue weighted by atomic mass is 16.5. The van der Waals surface area contributed by atoms with Crippen LogP contribution in [-0.2, 0) is 11.2 Å². The summed E-state index contributed by atoms with van der Waals surface area (Å²) in [4.78, 5) is 26.2. The molecule has 0 unspecified atom stereocenters. The third-order valence-corrected chi connectivity index (χ3v) is 5.92. The number of rotatable bonds is 8. The van der Waals surface area contributed by atoms with Crippen molar-refractivity contribution in [1.29, 1.82) is 0 Å². The second-order valence-electron chi connectivity index (χ2n) is 8.50. The topological polar surface area (TPSA) is 80.6 Å². The summed E-state index contributed by atoms with van der Waals surface area (Å²) in [5, 5.41) is 6.40. The van der Waals surface area contributed by atoms with E-state index in [2.05, 4.69) is 10.6 Å². The molecule has 0 bridgehead atoms. The Kier molecular flexibility index (Phi) is 6.99. The third kappa shape index (κ3) is 5.54. The summed E-state index contributed by atoms with van der Waals surface area (Å²) in [7, 11) is 0. The van der Waals surface area contributed by atoms with Crippen LogP contribution in [-0.4, -0.2) is 18.4 Å². The molecule has 0 aliphatic rings. The van der Waals surface area contributed by atoms with E-state index in [9.17, 15) is 9.59 Å². The smallest absolute Gasteiger partial charge is 0.293 e. The number of hydrogen-bond donors (Lipinski definition) is 2. The molecule has 0 radical (unpaired) electrons. The summed E-state index contributed by atoms with van der Waals surface area (Å²) in [5.41, 5.74) is 4.52. The van der Waals surface area contributed by atoms with Crippen LogP contribution < -0.4 is 15.4 Å². The lowest BCUT2D eigenvalue weighted by Crippen LogP contribution is -2.18. The van der Waals surface area contributed by atoms with Crippen LogP contribution in [0.4, 0.5) is 11.4 Å². The molecule has 4 aromatic carbocycles. The first kappa shape index (κ1) is 23.9. The van der Waals surface area contributed by atoms with Crippen LogP contribution in [0.2, 0.25) is 0 Å². The Labute approximate surface area is 214 Å². The molecule has 0 saturated carbocycles. The van der Waals surface area contributed by atoms with Crippen molar-refractivity contribution in [2.24, 2.45) is 0 Å². The van der Waals surface area contributed by atoms with Crippen LogP contribution >= 0.6 is 0 Å². The highest BCUT2D eigenvalue weighted by Crippen LogP contribution is 2.32. The lowest BCUT2D eigenvalue weighted by Gasteiger charge is -2.09. The van der Waals surface area contributed by atoms with E-state index < -0.39 is 5.91 Å². The van der Waals surface area contributed by atoms with Crippen LogP contribution in [0.1, 0.15) is 23.0 Å². The Balaban J connectivity index is 1.33. The normalized spacial score (nSPS) is 10.7. The average Bonchev–Trinajstić information content (AvgIpc) is 3.29. The molecule has 0 fully saturated rings. The second kappa shape index (κ2) is 10.8. The Morgan fingerprint density at radius 2 is 1.43 bits per heavy atom. The summed E-state index contributed by atoms with van der Waals surface area (Å²) < 4.78 is 11.3. The van der Waals surface area contributed by atoms with Gasteiger partial charge in [-0.3, -0.25) is 9.59 Å². The van der Waals surface area contributed by atoms with Crippen molar-refractivity contribution in [1.82, 2.24) is 0 Å². The lowest BCUT2D eigenvalue weighted by molar-refractivity contribution is -0.115. The van der Waals surface area contributed by atoms with E-state index in [1.807, 2.05) is 79.7 Å². The highest BCUT2D eigenvalue weighted by molar-refractivity contribution is 6.14. The number of anilines is 2. The molecular formula is C31H26N2O4. The summed E-state index contributed by atoms with van der Waals surface area (Å²) in [6.45, 7) is 2.47. The van der Waals surface area contributed by atoms with Gasteiger partial charge in [0.1, 0.15) is 17.0 Å². The molecule has 0 spiro atoms. The quantitative estimate of drug-likeness (QED) is 0.247. The van der Waals surface area contributed by atoms with Crippen molar-refractivity contribution in [3.05, 3.63) is 114 Å². The van der Waals surface area contributed by atoms with Crippen LogP contribution in [0, 0.1) is 0 Å². The summed E-state index contributed by atoms with van der Waals surface area (Å²) in [5.74, 6) is 0.0638. The van der Waals surface area contributed by atoms with Gasteiger partial charge in [0, 0.05) is 11.1 Å². The van der Waals surface area contributed by atoms with Gasteiger partial charge < -0.3 is 19.8 Å². The number of hydrogen-bond acceptors (Lipinski definition) is 4. The van der Waals surface area contributed by atoms with Crippen LogP contribution in [0.15, 0.2) is 108 Å². The average molecular weight is 491 g/mol. The maximum absolute atomic E-state index is 13.1. The Morgan fingerprint density at radius 3 is 2.16 bits per heavy atom. The SMILES string of the molecule is CCOc1ccc(NC(=O)c2oc3ccccc3c2NC(=O)Cc2ccc(-c3ccccc3)cc2)cc1. The first-order valence-corrected chi connectivity index (χ1v) is 12.1. The number of para-hydroxylation sites is 1. The number of carbonyl (C=O) groups is 2. The van der Waals surface area contributed by atoms with E-state index in [4.69, 9.17) is 9.15 Å².